The lowest BCUT2D eigenvalue weighted by Crippen LogP contribution is -2.41. The van der Waals surface area contributed by atoms with Crippen molar-refractivity contribution in [1.29, 1.82) is 0 Å². The van der Waals surface area contributed by atoms with Crippen molar-refractivity contribution >= 4 is 10.0 Å². The van der Waals surface area contributed by atoms with Gasteiger partial charge in [0.2, 0.25) is 10.0 Å². The van der Waals surface area contributed by atoms with Gasteiger partial charge in [0, 0.05) is 12.1 Å². The van der Waals surface area contributed by atoms with E-state index in [-0.39, 0.29) is 4.90 Å². The van der Waals surface area contributed by atoms with Gasteiger partial charge in [-0.1, -0.05) is 29.8 Å². The molecule has 5 nitrogen and oxygen atoms in total. The van der Waals surface area contributed by atoms with Gasteiger partial charge < -0.3 is 9.84 Å². The highest BCUT2D eigenvalue weighted by Gasteiger charge is 2.37. The first kappa shape index (κ1) is 17.9. The van der Waals surface area contributed by atoms with Crippen LogP contribution in [0.3, 0.4) is 0 Å². The Labute approximate surface area is 148 Å². The maximum Gasteiger partial charge on any atom is 0.243 e. The number of hydrogen-bond acceptors (Lipinski definition) is 4. The second kappa shape index (κ2) is 6.78. The normalized spacial score (nSPS) is 21.4. The van der Waals surface area contributed by atoms with Crippen LogP contribution >= 0.6 is 0 Å². The van der Waals surface area contributed by atoms with Crippen LogP contribution in [0.2, 0.25) is 0 Å². The number of hydrogen-bond donors (Lipinski definition) is 1. The fourth-order valence-electron chi connectivity index (χ4n) is 3.34. The zero-order valence-corrected chi connectivity index (χ0v) is 15.5. The van der Waals surface area contributed by atoms with Gasteiger partial charge in [-0.15, -0.1) is 0 Å². The Hall–Kier alpha value is -1.89. The summed E-state index contributed by atoms with van der Waals surface area (Å²) in [5.74, 6) is 0.589. The Balaban J connectivity index is 2.02. The number of rotatable bonds is 3. The van der Waals surface area contributed by atoms with Crippen molar-refractivity contribution in [2.24, 2.45) is 0 Å². The molecule has 1 N–H and O–H groups in total. The Morgan fingerprint density at radius 2 is 1.84 bits per heavy atom. The van der Waals surface area contributed by atoms with E-state index >= 15 is 0 Å². The monoisotopic (exact) mass is 361 g/mol. The summed E-state index contributed by atoms with van der Waals surface area (Å²) in [6.07, 6.45) is -0.423. The molecule has 134 valence electrons. The lowest BCUT2D eigenvalue weighted by atomic mass is 9.97. The van der Waals surface area contributed by atoms with Crippen LogP contribution in [0.25, 0.3) is 0 Å². The first-order chi connectivity index (χ1) is 11.9. The molecule has 0 amide bonds. The largest absolute Gasteiger partial charge is 0.496 e. The van der Waals surface area contributed by atoms with E-state index in [1.807, 2.05) is 19.1 Å². The summed E-state index contributed by atoms with van der Waals surface area (Å²) in [5, 5.41) is 10.9. The molecule has 0 aromatic heterocycles. The van der Waals surface area contributed by atoms with Gasteiger partial charge in [0.05, 0.1) is 24.2 Å². The SMILES string of the molecule is COc1cccc2c1C(O)[C@H](C)N(S(=O)(=O)c1ccc(C)cc1)CC2. The van der Waals surface area contributed by atoms with Crippen molar-refractivity contribution < 1.29 is 18.3 Å². The van der Waals surface area contributed by atoms with Gasteiger partial charge in [-0.25, -0.2) is 8.42 Å². The van der Waals surface area contributed by atoms with E-state index in [0.717, 1.165) is 11.1 Å². The molecule has 0 bridgehead atoms. The molecular formula is C19H23NO4S. The fraction of sp³-hybridized carbons (Fsp3) is 0.368. The van der Waals surface area contributed by atoms with E-state index in [9.17, 15) is 13.5 Å². The van der Waals surface area contributed by atoms with E-state index < -0.39 is 22.2 Å². The first-order valence-corrected chi connectivity index (χ1v) is 9.72. The van der Waals surface area contributed by atoms with Crippen LogP contribution in [0.4, 0.5) is 0 Å². The molecule has 1 heterocycles. The molecule has 25 heavy (non-hydrogen) atoms. The van der Waals surface area contributed by atoms with Crippen molar-refractivity contribution in [3.05, 3.63) is 59.2 Å². The topological polar surface area (TPSA) is 66.8 Å². The minimum absolute atomic E-state index is 0.245. The number of fused-ring (bicyclic) bond motifs is 1. The standard InChI is InChI=1S/C19H23NO4S/c1-13-7-9-16(10-8-13)25(22,23)20-12-11-15-5-4-6-17(24-3)18(15)19(21)14(20)2/h4-10,14,19,21H,11-12H2,1-3H3/t14-,19?/m0/s1. The molecule has 0 spiro atoms. The zero-order valence-electron chi connectivity index (χ0n) is 14.6. The lowest BCUT2D eigenvalue weighted by molar-refractivity contribution is 0.102. The average molecular weight is 361 g/mol. The Morgan fingerprint density at radius 1 is 1.16 bits per heavy atom. The van der Waals surface area contributed by atoms with Crippen LogP contribution in [0.1, 0.15) is 29.7 Å². The van der Waals surface area contributed by atoms with Crippen LogP contribution < -0.4 is 4.74 Å². The minimum Gasteiger partial charge on any atom is -0.496 e. The van der Waals surface area contributed by atoms with Crippen LogP contribution in [-0.4, -0.2) is 37.5 Å². The highest BCUT2D eigenvalue weighted by molar-refractivity contribution is 7.89. The molecule has 3 rings (SSSR count). The molecule has 0 saturated carbocycles. The average Bonchev–Trinajstić information content (AvgIpc) is 2.73. The van der Waals surface area contributed by atoms with Gasteiger partial charge in [-0.05, 0) is 44.0 Å². The molecule has 0 saturated heterocycles. The number of sulfonamides is 1. The fourth-order valence-corrected chi connectivity index (χ4v) is 4.97. The van der Waals surface area contributed by atoms with Crippen LogP contribution in [0, 0.1) is 6.92 Å². The molecule has 1 aliphatic rings. The second-order valence-corrected chi connectivity index (χ2v) is 8.29. The summed E-state index contributed by atoms with van der Waals surface area (Å²) in [4.78, 5) is 0.245. The highest BCUT2D eigenvalue weighted by Crippen LogP contribution is 2.37. The number of methoxy groups -OCH3 is 1. The molecule has 1 unspecified atom stereocenters. The third-order valence-electron chi connectivity index (χ3n) is 4.81. The molecule has 0 fully saturated rings. The van der Waals surface area contributed by atoms with Crippen LogP contribution in [0.15, 0.2) is 47.4 Å². The summed E-state index contributed by atoms with van der Waals surface area (Å²) in [7, 11) is -2.13. The molecule has 0 radical (unpaired) electrons. The number of aryl methyl sites for hydroxylation is 1. The maximum atomic E-state index is 13.1. The van der Waals surface area contributed by atoms with Crippen molar-refractivity contribution in [3.63, 3.8) is 0 Å². The third-order valence-corrected chi connectivity index (χ3v) is 6.81. The number of benzene rings is 2. The number of nitrogens with zero attached hydrogens (tertiary/aromatic N) is 1. The maximum absolute atomic E-state index is 13.1. The molecule has 1 aliphatic heterocycles. The Kier molecular flexibility index (Phi) is 4.86. The van der Waals surface area contributed by atoms with Crippen molar-refractivity contribution in [2.75, 3.05) is 13.7 Å². The summed E-state index contributed by atoms with van der Waals surface area (Å²) >= 11 is 0. The third kappa shape index (κ3) is 3.17. The van der Waals surface area contributed by atoms with Crippen molar-refractivity contribution in [1.82, 2.24) is 4.31 Å². The van der Waals surface area contributed by atoms with E-state index in [2.05, 4.69) is 0 Å². The summed E-state index contributed by atoms with van der Waals surface area (Å²) in [5.41, 5.74) is 2.60. The highest BCUT2D eigenvalue weighted by atomic mass is 32.2. The van der Waals surface area contributed by atoms with Gasteiger partial charge in [0.1, 0.15) is 5.75 Å². The van der Waals surface area contributed by atoms with Gasteiger partial charge in [-0.3, -0.25) is 0 Å². The number of aliphatic hydroxyl groups excluding tert-OH is 1. The zero-order chi connectivity index (χ0) is 18.2. The predicted octanol–water partition coefficient (Wildman–Crippen LogP) is 2.67. The van der Waals surface area contributed by atoms with Crippen LogP contribution in [0.5, 0.6) is 5.75 Å². The van der Waals surface area contributed by atoms with Gasteiger partial charge in [-0.2, -0.15) is 4.31 Å². The molecule has 2 aromatic carbocycles. The predicted molar refractivity (Wildman–Crippen MR) is 96.2 cm³/mol. The number of ether oxygens (including phenoxy) is 1. The minimum atomic E-state index is -3.69. The summed E-state index contributed by atoms with van der Waals surface area (Å²) in [6.45, 7) is 3.96. The van der Waals surface area contributed by atoms with Crippen LogP contribution in [-0.2, 0) is 16.4 Å². The summed E-state index contributed by atoms with van der Waals surface area (Å²) in [6, 6.07) is 11.8. The molecule has 6 heteroatoms. The quantitative estimate of drug-likeness (QED) is 0.913. The van der Waals surface area contributed by atoms with Gasteiger partial charge in [0.25, 0.3) is 0 Å². The van der Waals surface area contributed by atoms with Crippen molar-refractivity contribution in [3.8, 4) is 5.75 Å². The first-order valence-electron chi connectivity index (χ1n) is 8.28. The smallest absolute Gasteiger partial charge is 0.243 e. The van der Waals surface area contributed by atoms with Crippen molar-refractivity contribution in [2.45, 2.75) is 37.3 Å². The Morgan fingerprint density at radius 3 is 2.48 bits per heavy atom. The molecular weight excluding hydrogens is 338 g/mol. The lowest BCUT2D eigenvalue weighted by Gasteiger charge is -2.29. The van der Waals surface area contributed by atoms with E-state index in [4.69, 9.17) is 4.74 Å². The Bertz CT molecular complexity index is 861. The number of aliphatic hydroxyl groups is 1. The van der Waals surface area contributed by atoms with E-state index in [0.29, 0.717) is 24.3 Å². The summed E-state index contributed by atoms with van der Waals surface area (Å²) < 4.78 is 33.0. The van der Waals surface area contributed by atoms with E-state index in [1.165, 1.54) is 4.31 Å². The molecule has 2 aromatic rings. The molecule has 2 atom stereocenters. The molecule has 0 aliphatic carbocycles. The van der Waals surface area contributed by atoms with Gasteiger partial charge in [0.15, 0.2) is 0 Å². The second-order valence-electron chi connectivity index (χ2n) is 6.40. The van der Waals surface area contributed by atoms with Gasteiger partial charge >= 0.3 is 0 Å². The van der Waals surface area contributed by atoms with E-state index in [1.54, 1.807) is 44.4 Å².